The predicted molar refractivity (Wildman–Crippen MR) is 78.8 cm³/mol. The molecule has 0 spiro atoms. The van der Waals surface area contributed by atoms with Crippen molar-refractivity contribution in [3.8, 4) is 11.3 Å². The Bertz CT molecular complexity index is 609. The van der Waals surface area contributed by atoms with E-state index in [0.717, 1.165) is 23.6 Å². The summed E-state index contributed by atoms with van der Waals surface area (Å²) in [5.41, 5.74) is 7.96. The lowest BCUT2D eigenvalue weighted by Gasteiger charge is -2.11. The van der Waals surface area contributed by atoms with Gasteiger partial charge in [0.25, 0.3) is 0 Å². The van der Waals surface area contributed by atoms with Crippen LogP contribution < -0.4 is 5.73 Å². The van der Waals surface area contributed by atoms with Crippen LogP contribution >= 0.6 is 0 Å². The van der Waals surface area contributed by atoms with Gasteiger partial charge < -0.3 is 10.3 Å². The van der Waals surface area contributed by atoms with Gasteiger partial charge in [-0.15, -0.1) is 0 Å². The maximum absolute atomic E-state index is 13.0. The van der Waals surface area contributed by atoms with Gasteiger partial charge in [-0.05, 0) is 43.0 Å². The van der Waals surface area contributed by atoms with Gasteiger partial charge in [-0.1, -0.05) is 13.8 Å². The summed E-state index contributed by atoms with van der Waals surface area (Å²) >= 11 is 0. The smallest absolute Gasteiger partial charge is 0.131 e. The molecule has 0 atom stereocenters. The van der Waals surface area contributed by atoms with Crippen molar-refractivity contribution in [1.29, 1.82) is 0 Å². The second-order valence-corrected chi connectivity index (χ2v) is 5.99. The number of aromatic nitrogens is 2. The highest BCUT2D eigenvalue weighted by Gasteiger charge is 2.31. The van der Waals surface area contributed by atoms with Crippen molar-refractivity contribution in [1.82, 2.24) is 9.55 Å². The number of imidazole rings is 1. The van der Waals surface area contributed by atoms with E-state index in [1.807, 2.05) is 0 Å². The molecule has 1 saturated carbocycles. The molecule has 1 aromatic heterocycles. The first-order chi connectivity index (χ1) is 9.56. The maximum Gasteiger partial charge on any atom is 0.131 e. The molecule has 0 aliphatic heterocycles. The van der Waals surface area contributed by atoms with Crippen molar-refractivity contribution in [3.05, 3.63) is 35.9 Å². The number of rotatable bonds is 4. The van der Waals surface area contributed by atoms with Gasteiger partial charge in [-0.3, -0.25) is 0 Å². The minimum atomic E-state index is -0.239. The van der Waals surface area contributed by atoms with Gasteiger partial charge in [-0.25, -0.2) is 9.37 Å². The molecule has 1 aliphatic carbocycles. The molecular weight excluding hydrogens is 253 g/mol. The first-order valence-corrected chi connectivity index (χ1v) is 7.18. The molecule has 106 valence electrons. The van der Waals surface area contributed by atoms with E-state index in [4.69, 9.17) is 10.7 Å². The third-order valence-corrected chi connectivity index (χ3v) is 3.64. The van der Waals surface area contributed by atoms with Crippen LogP contribution in [0.2, 0.25) is 0 Å². The van der Waals surface area contributed by atoms with Gasteiger partial charge in [0.15, 0.2) is 0 Å². The Kier molecular flexibility index (Phi) is 3.24. The fraction of sp³-hybridized carbons (Fsp3) is 0.438. The Morgan fingerprint density at radius 3 is 2.50 bits per heavy atom. The Labute approximate surface area is 118 Å². The first kappa shape index (κ1) is 13.2. The highest BCUT2D eigenvalue weighted by Crippen LogP contribution is 2.42. The Hall–Kier alpha value is -1.84. The van der Waals surface area contributed by atoms with Crippen LogP contribution in [0.5, 0.6) is 0 Å². The summed E-state index contributed by atoms with van der Waals surface area (Å²) in [5, 5.41) is 0. The molecule has 3 nitrogen and oxygen atoms in total. The van der Waals surface area contributed by atoms with Crippen LogP contribution in [0, 0.1) is 11.7 Å². The van der Waals surface area contributed by atoms with Crippen molar-refractivity contribution in [2.24, 2.45) is 5.92 Å². The summed E-state index contributed by atoms with van der Waals surface area (Å²) in [4.78, 5) is 4.74. The lowest BCUT2D eigenvalue weighted by Crippen LogP contribution is -2.10. The van der Waals surface area contributed by atoms with E-state index in [2.05, 4.69) is 18.4 Å². The number of nitrogens with two attached hydrogens (primary N) is 1. The zero-order chi connectivity index (χ0) is 14.3. The zero-order valence-electron chi connectivity index (χ0n) is 11.9. The molecule has 1 heterocycles. The van der Waals surface area contributed by atoms with E-state index in [1.165, 1.54) is 25.0 Å². The van der Waals surface area contributed by atoms with Crippen LogP contribution in [-0.2, 0) is 6.54 Å². The quantitative estimate of drug-likeness (QED) is 0.920. The Morgan fingerprint density at radius 1 is 1.30 bits per heavy atom. The minimum absolute atomic E-state index is 0.239. The second-order valence-electron chi connectivity index (χ2n) is 5.99. The zero-order valence-corrected chi connectivity index (χ0v) is 11.9. The normalized spacial score (nSPS) is 15.0. The largest absolute Gasteiger partial charge is 0.383 e. The molecule has 0 unspecified atom stereocenters. The van der Waals surface area contributed by atoms with E-state index in [0.29, 0.717) is 17.7 Å². The average molecular weight is 273 g/mol. The number of nitrogens with zero attached hydrogens (tertiary/aromatic N) is 2. The third-order valence-electron chi connectivity index (χ3n) is 3.64. The van der Waals surface area contributed by atoms with Crippen molar-refractivity contribution in [2.75, 3.05) is 5.73 Å². The number of benzene rings is 1. The summed E-state index contributed by atoms with van der Waals surface area (Å²) in [7, 11) is 0. The highest BCUT2D eigenvalue weighted by molar-refractivity contribution is 5.71. The van der Waals surface area contributed by atoms with Crippen molar-refractivity contribution < 1.29 is 4.39 Å². The number of halogens is 1. The number of nitrogen functional groups attached to an aromatic ring is 1. The molecule has 1 aliphatic rings. The maximum atomic E-state index is 13.0. The molecule has 0 radical (unpaired) electrons. The van der Waals surface area contributed by atoms with Crippen molar-refractivity contribution in [2.45, 2.75) is 39.2 Å². The molecule has 2 aromatic rings. The first-order valence-electron chi connectivity index (χ1n) is 7.18. The molecule has 0 amide bonds. The van der Waals surface area contributed by atoms with Crippen LogP contribution in [-0.4, -0.2) is 9.55 Å². The fourth-order valence-corrected chi connectivity index (χ4v) is 2.51. The summed E-state index contributed by atoms with van der Waals surface area (Å²) in [6, 6.07) is 6.38. The van der Waals surface area contributed by atoms with Gasteiger partial charge in [0.1, 0.15) is 23.2 Å². The predicted octanol–water partition coefficient (Wildman–Crippen LogP) is 3.80. The SMILES string of the molecule is CC(C)Cn1c(C2CC2)nc(-c2ccc(F)cc2)c1N. The van der Waals surface area contributed by atoms with Crippen LogP contribution in [0.1, 0.15) is 38.4 Å². The monoisotopic (exact) mass is 273 g/mol. The third kappa shape index (κ3) is 2.42. The van der Waals surface area contributed by atoms with E-state index >= 15 is 0 Å². The molecule has 4 heteroatoms. The van der Waals surface area contributed by atoms with Crippen molar-refractivity contribution in [3.63, 3.8) is 0 Å². The summed E-state index contributed by atoms with van der Waals surface area (Å²) < 4.78 is 15.2. The van der Waals surface area contributed by atoms with Crippen molar-refractivity contribution >= 4 is 5.82 Å². The van der Waals surface area contributed by atoms with E-state index in [1.54, 1.807) is 12.1 Å². The van der Waals surface area contributed by atoms with Crippen LogP contribution in [0.3, 0.4) is 0 Å². The standard InChI is InChI=1S/C16H20FN3/c1-10(2)9-20-15(18)14(19-16(20)12-3-4-12)11-5-7-13(17)8-6-11/h5-8,10,12H,3-4,9,18H2,1-2H3. The lowest BCUT2D eigenvalue weighted by molar-refractivity contribution is 0.512. The average Bonchev–Trinajstić information content (AvgIpc) is 3.19. The summed E-state index contributed by atoms with van der Waals surface area (Å²) in [6.45, 7) is 5.23. The fourth-order valence-electron chi connectivity index (χ4n) is 2.51. The van der Waals surface area contributed by atoms with E-state index in [-0.39, 0.29) is 5.82 Å². The van der Waals surface area contributed by atoms with Gasteiger partial charge in [0, 0.05) is 18.0 Å². The van der Waals surface area contributed by atoms with Crippen LogP contribution in [0.15, 0.2) is 24.3 Å². The van der Waals surface area contributed by atoms with Crippen LogP contribution in [0.25, 0.3) is 11.3 Å². The van der Waals surface area contributed by atoms with Gasteiger partial charge in [0.2, 0.25) is 0 Å². The molecule has 3 rings (SSSR count). The minimum Gasteiger partial charge on any atom is -0.383 e. The molecule has 1 aromatic carbocycles. The molecule has 1 fully saturated rings. The molecular formula is C16H20FN3. The summed E-state index contributed by atoms with van der Waals surface area (Å²) in [6.07, 6.45) is 2.38. The number of hydrogen-bond donors (Lipinski definition) is 1. The number of hydrogen-bond acceptors (Lipinski definition) is 2. The molecule has 2 N–H and O–H groups in total. The topological polar surface area (TPSA) is 43.8 Å². The molecule has 0 saturated heterocycles. The Balaban J connectivity index is 2.05. The van der Waals surface area contributed by atoms with Gasteiger partial charge in [-0.2, -0.15) is 0 Å². The second kappa shape index (κ2) is 4.93. The number of anilines is 1. The Morgan fingerprint density at radius 2 is 1.95 bits per heavy atom. The van der Waals surface area contributed by atoms with E-state index < -0.39 is 0 Å². The van der Waals surface area contributed by atoms with Gasteiger partial charge >= 0.3 is 0 Å². The highest BCUT2D eigenvalue weighted by atomic mass is 19.1. The lowest BCUT2D eigenvalue weighted by atomic mass is 10.1. The molecule has 0 bridgehead atoms. The summed E-state index contributed by atoms with van der Waals surface area (Å²) in [5.74, 6) is 2.62. The molecule has 20 heavy (non-hydrogen) atoms. The van der Waals surface area contributed by atoms with E-state index in [9.17, 15) is 4.39 Å². The van der Waals surface area contributed by atoms with Gasteiger partial charge in [0.05, 0.1) is 0 Å². The van der Waals surface area contributed by atoms with Crippen LogP contribution in [0.4, 0.5) is 10.2 Å².